The van der Waals surface area contributed by atoms with Crippen molar-refractivity contribution in [1.82, 2.24) is 0 Å². The predicted molar refractivity (Wildman–Crippen MR) is 76.2 cm³/mol. The van der Waals surface area contributed by atoms with Crippen LogP contribution in [0.2, 0.25) is 0 Å². The number of nitrogens with one attached hydrogen (secondary N) is 1. The smallest absolute Gasteiger partial charge is 0.242 e. The molecule has 1 aromatic carbocycles. The molecular formula is C15H22N2O2. The Bertz CT molecular complexity index is 457. The number of rotatable bonds is 6. The molecular weight excluding hydrogens is 240 g/mol. The molecule has 1 aliphatic carbocycles. The fourth-order valence-electron chi connectivity index (χ4n) is 2.53. The van der Waals surface area contributed by atoms with Crippen LogP contribution in [0.15, 0.2) is 24.3 Å². The molecule has 3 N–H and O–H groups in total. The molecule has 0 saturated heterocycles. The summed E-state index contributed by atoms with van der Waals surface area (Å²) in [6, 6.07) is 7.58. The molecule has 1 atom stereocenters. The molecule has 1 aromatic rings. The first-order chi connectivity index (χ1) is 9.05. The quantitative estimate of drug-likeness (QED) is 0.828. The number of primary amides is 1. The topological polar surface area (TPSA) is 64.3 Å². The van der Waals surface area contributed by atoms with Gasteiger partial charge in [-0.1, -0.05) is 31.4 Å². The van der Waals surface area contributed by atoms with Crippen molar-refractivity contribution in [2.75, 3.05) is 12.4 Å². The molecule has 0 radical (unpaired) electrons. The number of benzene rings is 1. The lowest BCUT2D eigenvalue weighted by Gasteiger charge is -2.36. The minimum Gasteiger partial charge on any atom is -0.495 e. The molecule has 4 heteroatoms. The highest BCUT2D eigenvalue weighted by molar-refractivity contribution is 5.88. The zero-order valence-corrected chi connectivity index (χ0v) is 11.6. The summed E-state index contributed by atoms with van der Waals surface area (Å²) in [7, 11) is 1.62. The molecule has 2 rings (SSSR count). The Morgan fingerprint density at radius 2 is 2.16 bits per heavy atom. The number of amides is 1. The van der Waals surface area contributed by atoms with Crippen LogP contribution >= 0.6 is 0 Å². The van der Waals surface area contributed by atoms with Gasteiger partial charge in [0.1, 0.15) is 11.3 Å². The van der Waals surface area contributed by atoms with Crippen LogP contribution in [0, 0.1) is 5.92 Å². The van der Waals surface area contributed by atoms with Crippen molar-refractivity contribution in [3.05, 3.63) is 24.3 Å². The van der Waals surface area contributed by atoms with E-state index in [2.05, 4.69) is 5.32 Å². The van der Waals surface area contributed by atoms with Gasteiger partial charge in [0.25, 0.3) is 0 Å². The third-order valence-electron chi connectivity index (χ3n) is 3.98. The highest BCUT2D eigenvalue weighted by Gasteiger charge is 2.36. The fourth-order valence-corrected chi connectivity index (χ4v) is 2.53. The summed E-state index contributed by atoms with van der Waals surface area (Å²) in [5.74, 6) is 1.01. The van der Waals surface area contributed by atoms with E-state index in [1.54, 1.807) is 7.11 Å². The first kappa shape index (κ1) is 13.7. The van der Waals surface area contributed by atoms with Gasteiger partial charge in [-0.25, -0.2) is 0 Å². The lowest BCUT2D eigenvalue weighted by Crippen LogP contribution is -2.49. The van der Waals surface area contributed by atoms with Crippen molar-refractivity contribution in [2.45, 2.75) is 38.1 Å². The second-order valence-corrected chi connectivity index (χ2v) is 5.52. The van der Waals surface area contributed by atoms with Crippen LogP contribution in [0.5, 0.6) is 5.75 Å². The maximum absolute atomic E-state index is 11.8. The Balaban J connectivity index is 2.17. The van der Waals surface area contributed by atoms with Gasteiger partial charge in [0.15, 0.2) is 0 Å². The van der Waals surface area contributed by atoms with Gasteiger partial charge in [0, 0.05) is 0 Å². The molecule has 0 aromatic heterocycles. The number of ether oxygens (including phenoxy) is 1. The van der Waals surface area contributed by atoms with E-state index in [1.165, 1.54) is 19.3 Å². The molecule has 19 heavy (non-hydrogen) atoms. The van der Waals surface area contributed by atoms with Crippen molar-refractivity contribution in [1.29, 1.82) is 0 Å². The third kappa shape index (κ3) is 3.00. The number of hydrogen-bond acceptors (Lipinski definition) is 3. The van der Waals surface area contributed by atoms with Crippen LogP contribution in [0.4, 0.5) is 5.69 Å². The molecule has 0 bridgehead atoms. The second-order valence-electron chi connectivity index (χ2n) is 5.52. The van der Waals surface area contributed by atoms with Crippen molar-refractivity contribution in [3.63, 3.8) is 0 Å². The van der Waals surface area contributed by atoms with Crippen molar-refractivity contribution in [3.8, 4) is 5.75 Å². The van der Waals surface area contributed by atoms with E-state index in [0.717, 1.165) is 17.9 Å². The fraction of sp³-hybridized carbons (Fsp3) is 0.533. The van der Waals surface area contributed by atoms with Crippen LogP contribution in [0.1, 0.15) is 32.6 Å². The molecule has 0 spiro atoms. The Kier molecular flexibility index (Phi) is 3.98. The van der Waals surface area contributed by atoms with E-state index in [9.17, 15) is 4.79 Å². The summed E-state index contributed by atoms with van der Waals surface area (Å²) in [5, 5.41) is 3.27. The maximum atomic E-state index is 11.8. The van der Waals surface area contributed by atoms with Gasteiger partial charge in [-0.2, -0.15) is 0 Å². The Labute approximate surface area is 114 Å². The molecule has 1 unspecified atom stereocenters. The van der Waals surface area contributed by atoms with Crippen LogP contribution in [-0.4, -0.2) is 18.6 Å². The minimum atomic E-state index is -0.723. The average molecular weight is 262 g/mol. The van der Waals surface area contributed by atoms with Crippen LogP contribution in [0.25, 0.3) is 0 Å². The maximum Gasteiger partial charge on any atom is 0.242 e. The SMILES string of the molecule is COc1ccccc1NC(C)(CC1CCC1)C(N)=O. The van der Waals surface area contributed by atoms with Gasteiger partial charge >= 0.3 is 0 Å². The number of hydrogen-bond donors (Lipinski definition) is 2. The lowest BCUT2D eigenvalue weighted by molar-refractivity contribution is -0.122. The van der Waals surface area contributed by atoms with Gasteiger partial charge in [-0.15, -0.1) is 0 Å². The monoisotopic (exact) mass is 262 g/mol. The molecule has 104 valence electrons. The van der Waals surface area contributed by atoms with Crippen LogP contribution < -0.4 is 15.8 Å². The molecule has 4 nitrogen and oxygen atoms in total. The number of para-hydroxylation sites is 2. The zero-order valence-electron chi connectivity index (χ0n) is 11.6. The Morgan fingerprint density at radius 1 is 1.47 bits per heavy atom. The third-order valence-corrected chi connectivity index (χ3v) is 3.98. The van der Waals surface area contributed by atoms with Gasteiger partial charge in [-0.3, -0.25) is 4.79 Å². The standard InChI is InChI=1S/C15H22N2O2/c1-15(14(16)18,10-11-6-5-7-11)17-12-8-3-4-9-13(12)19-2/h3-4,8-9,11,17H,5-7,10H2,1-2H3,(H2,16,18). The summed E-state index contributed by atoms with van der Waals surface area (Å²) in [6.45, 7) is 1.88. The van der Waals surface area contributed by atoms with Crippen LogP contribution in [0.3, 0.4) is 0 Å². The van der Waals surface area contributed by atoms with E-state index >= 15 is 0 Å². The van der Waals surface area contributed by atoms with E-state index in [4.69, 9.17) is 10.5 Å². The number of methoxy groups -OCH3 is 1. The molecule has 0 heterocycles. The second kappa shape index (κ2) is 5.51. The summed E-state index contributed by atoms with van der Waals surface area (Å²) >= 11 is 0. The largest absolute Gasteiger partial charge is 0.495 e. The van der Waals surface area contributed by atoms with E-state index in [-0.39, 0.29) is 5.91 Å². The molecule has 1 saturated carbocycles. The van der Waals surface area contributed by atoms with Gasteiger partial charge < -0.3 is 15.8 Å². The Hall–Kier alpha value is -1.71. The number of anilines is 1. The van der Waals surface area contributed by atoms with Gasteiger partial charge in [0.05, 0.1) is 12.8 Å². The number of nitrogens with two attached hydrogens (primary N) is 1. The average Bonchev–Trinajstić information content (AvgIpc) is 2.34. The summed E-state index contributed by atoms with van der Waals surface area (Å²) in [5.41, 5.74) is 5.68. The summed E-state index contributed by atoms with van der Waals surface area (Å²) < 4.78 is 5.30. The molecule has 1 fully saturated rings. The molecule has 1 amide bonds. The van der Waals surface area contributed by atoms with Crippen molar-refractivity contribution < 1.29 is 9.53 Å². The number of carbonyl (C=O) groups is 1. The van der Waals surface area contributed by atoms with Crippen molar-refractivity contribution in [2.24, 2.45) is 11.7 Å². The first-order valence-corrected chi connectivity index (χ1v) is 6.76. The van der Waals surface area contributed by atoms with Crippen LogP contribution in [-0.2, 0) is 4.79 Å². The van der Waals surface area contributed by atoms with Gasteiger partial charge in [-0.05, 0) is 31.4 Å². The Morgan fingerprint density at radius 3 is 2.68 bits per heavy atom. The van der Waals surface area contributed by atoms with E-state index < -0.39 is 5.54 Å². The highest BCUT2D eigenvalue weighted by atomic mass is 16.5. The van der Waals surface area contributed by atoms with E-state index in [0.29, 0.717) is 5.92 Å². The lowest BCUT2D eigenvalue weighted by atomic mass is 9.76. The predicted octanol–water partition coefficient (Wildman–Crippen LogP) is 2.54. The van der Waals surface area contributed by atoms with E-state index in [1.807, 2.05) is 31.2 Å². The van der Waals surface area contributed by atoms with Gasteiger partial charge in [0.2, 0.25) is 5.91 Å². The normalized spacial score (nSPS) is 18.2. The minimum absolute atomic E-state index is 0.315. The summed E-state index contributed by atoms with van der Waals surface area (Å²) in [4.78, 5) is 11.8. The highest BCUT2D eigenvalue weighted by Crippen LogP contribution is 2.36. The molecule has 1 aliphatic rings. The summed E-state index contributed by atoms with van der Waals surface area (Å²) in [6.07, 6.45) is 4.42. The number of carbonyl (C=O) groups excluding carboxylic acids is 1. The zero-order chi connectivity index (χ0) is 13.9. The first-order valence-electron chi connectivity index (χ1n) is 6.76. The van der Waals surface area contributed by atoms with Crippen molar-refractivity contribution >= 4 is 11.6 Å². The molecule has 0 aliphatic heterocycles.